The second-order valence-corrected chi connectivity index (χ2v) is 10.7. The minimum atomic E-state index is -1.43. The van der Waals surface area contributed by atoms with Gasteiger partial charge in [0.2, 0.25) is 5.91 Å². The Hall–Kier alpha value is -4.17. The Morgan fingerprint density at radius 1 is 0.925 bits per heavy atom. The molecule has 0 radical (unpaired) electrons. The number of amides is 2. The van der Waals surface area contributed by atoms with Crippen LogP contribution in [0.1, 0.15) is 49.3 Å². The van der Waals surface area contributed by atoms with Crippen LogP contribution in [0, 0.1) is 5.92 Å². The zero-order chi connectivity index (χ0) is 28.3. The second kappa shape index (κ2) is 11.5. The topological polar surface area (TPSA) is 114 Å². The van der Waals surface area contributed by atoms with Gasteiger partial charge in [-0.25, -0.2) is 9.59 Å². The molecule has 8 heteroatoms. The van der Waals surface area contributed by atoms with Gasteiger partial charge in [-0.15, -0.1) is 0 Å². The number of hydrogen-bond acceptors (Lipinski definition) is 5. The van der Waals surface area contributed by atoms with Crippen molar-refractivity contribution in [1.82, 2.24) is 10.6 Å². The molecule has 0 aromatic heterocycles. The van der Waals surface area contributed by atoms with Crippen molar-refractivity contribution in [3.05, 3.63) is 95.6 Å². The van der Waals surface area contributed by atoms with E-state index in [9.17, 15) is 19.5 Å². The number of alkyl carbamates (subject to hydrolysis) is 1. The number of aliphatic carboxylic acids is 1. The van der Waals surface area contributed by atoms with Crippen molar-refractivity contribution in [3.8, 4) is 11.1 Å². The molecule has 3 aromatic rings. The SMILES string of the molecule is C[C@H](OCc1ccccc1)[C@@H](NC(=O)OCC1c2ccccc2-c2ccccc21)C(=O)NC(C)(C(=O)O)C1CC1. The van der Waals surface area contributed by atoms with Gasteiger partial charge in [0.25, 0.3) is 0 Å². The van der Waals surface area contributed by atoms with Crippen LogP contribution >= 0.6 is 0 Å². The summed E-state index contributed by atoms with van der Waals surface area (Å²) in [6, 6.07) is 24.4. The van der Waals surface area contributed by atoms with E-state index in [4.69, 9.17) is 9.47 Å². The molecule has 3 atom stereocenters. The van der Waals surface area contributed by atoms with Gasteiger partial charge in [-0.1, -0.05) is 78.9 Å². The van der Waals surface area contributed by atoms with Gasteiger partial charge in [0.1, 0.15) is 18.2 Å². The Bertz CT molecular complexity index is 1340. The van der Waals surface area contributed by atoms with E-state index >= 15 is 0 Å². The number of carbonyl (C=O) groups is 3. The molecule has 2 aliphatic rings. The fraction of sp³-hybridized carbons (Fsp3) is 0.344. The summed E-state index contributed by atoms with van der Waals surface area (Å²) in [4.78, 5) is 38.6. The quantitative estimate of drug-likeness (QED) is 0.319. The molecule has 1 fully saturated rings. The van der Waals surface area contributed by atoms with Crippen LogP contribution in [-0.2, 0) is 25.7 Å². The van der Waals surface area contributed by atoms with Crippen LogP contribution in [0.4, 0.5) is 4.79 Å². The third kappa shape index (κ3) is 5.72. The molecule has 1 unspecified atom stereocenters. The molecule has 0 saturated heterocycles. The first-order chi connectivity index (χ1) is 19.3. The van der Waals surface area contributed by atoms with Crippen molar-refractivity contribution < 1.29 is 29.0 Å². The molecule has 0 aliphatic heterocycles. The van der Waals surface area contributed by atoms with Gasteiger partial charge >= 0.3 is 12.1 Å². The molecule has 8 nitrogen and oxygen atoms in total. The molecule has 0 bridgehead atoms. The lowest BCUT2D eigenvalue weighted by Crippen LogP contribution is -2.61. The predicted octanol–water partition coefficient (Wildman–Crippen LogP) is 4.87. The molecule has 5 rings (SSSR count). The third-order valence-electron chi connectivity index (χ3n) is 7.95. The summed E-state index contributed by atoms with van der Waals surface area (Å²) in [7, 11) is 0. The van der Waals surface area contributed by atoms with Crippen LogP contribution in [0.3, 0.4) is 0 Å². The fourth-order valence-corrected chi connectivity index (χ4v) is 5.39. The largest absolute Gasteiger partial charge is 0.480 e. The number of hydrogen-bond donors (Lipinski definition) is 3. The van der Waals surface area contributed by atoms with Gasteiger partial charge in [0.05, 0.1) is 12.7 Å². The number of ether oxygens (including phenoxy) is 2. The maximum atomic E-state index is 13.4. The third-order valence-corrected chi connectivity index (χ3v) is 7.95. The molecule has 40 heavy (non-hydrogen) atoms. The highest BCUT2D eigenvalue weighted by Gasteiger charge is 2.49. The first-order valence-electron chi connectivity index (χ1n) is 13.6. The summed E-state index contributed by atoms with van der Waals surface area (Å²) < 4.78 is 11.6. The number of carbonyl (C=O) groups excluding carboxylic acids is 2. The number of benzene rings is 3. The Morgan fingerprint density at radius 2 is 1.50 bits per heavy atom. The number of fused-ring (bicyclic) bond motifs is 3. The van der Waals surface area contributed by atoms with Crippen LogP contribution in [0.5, 0.6) is 0 Å². The molecule has 208 valence electrons. The van der Waals surface area contributed by atoms with Gasteiger partial charge in [-0.2, -0.15) is 0 Å². The number of carboxylic acids is 1. The highest BCUT2D eigenvalue weighted by Crippen LogP contribution is 2.44. The monoisotopic (exact) mass is 542 g/mol. The molecule has 0 heterocycles. The second-order valence-electron chi connectivity index (χ2n) is 10.7. The molecular formula is C32H34N2O6. The number of nitrogens with one attached hydrogen (secondary N) is 2. The average molecular weight is 543 g/mol. The number of carboxylic acid groups (broad SMARTS) is 1. The first kappa shape index (κ1) is 27.4. The minimum Gasteiger partial charge on any atom is -0.480 e. The zero-order valence-corrected chi connectivity index (χ0v) is 22.6. The van der Waals surface area contributed by atoms with E-state index in [2.05, 4.69) is 22.8 Å². The summed E-state index contributed by atoms with van der Waals surface area (Å²) in [5.41, 5.74) is 3.85. The normalized spacial score (nSPS) is 17.1. The molecule has 2 aliphatic carbocycles. The van der Waals surface area contributed by atoms with Gasteiger partial charge in [-0.05, 0) is 60.4 Å². The Labute approximate surface area is 233 Å². The summed E-state index contributed by atoms with van der Waals surface area (Å²) in [5, 5.41) is 15.2. The summed E-state index contributed by atoms with van der Waals surface area (Å²) in [6.07, 6.45) is -0.111. The maximum absolute atomic E-state index is 13.4. The summed E-state index contributed by atoms with van der Waals surface area (Å²) in [6.45, 7) is 3.48. The standard InChI is InChI=1S/C32H34N2O6/c1-20(39-18-21-10-4-3-5-11-21)28(29(35)34-32(2,30(36)37)22-16-17-22)33-31(38)40-19-27-25-14-8-6-12-23(25)24-13-7-9-15-26(24)27/h3-15,20,22,27-28H,16-19H2,1-2H3,(H,33,38)(H,34,35)(H,36,37)/t20-,28+,32?/m0/s1. The van der Waals surface area contributed by atoms with Gasteiger partial charge in [0, 0.05) is 5.92 Å². The lowest BCUT2D eigenvalue weighted by molar-refractivity contribution is -0.149. The van der Waals surface area contributed by atoms with Gasteiger partial charge in [0.15, 0.2) is 0 Å². The summed E-state index contributed by atoms with van der Waals surface area (Å²) >= 11 is 0. The van der Waals surface area contributed by atoms with E-state index in [0.29, 0.717) is 12.8 Å². The molecule has 3 aromatic carbocycles. The van der Waals surface area contributed by atoms with E-state index < -0.39 is 35.7 Å². The Morgan fingerprint density at radius 3 is 2.08 bits per heavy atom. The van der Waals surface area contributed by atoms with E-state index in [0.717, 1.165) is 27.8 Å². The van der Waals surface area contributed by atoms with Crippen LogP contribution in [-0.4, -0.2) is 47.4 Å². The van der Waals surface area contributed by atoms with Crippen molar-refractivity contribution in [2.45, 2.75) is 56.9 Å². The first-order valence-corrected chi connectivity index (χ1v) is 13.6. The lowest BCUT2D eigenvalue weighted by Gasteiger charge is -2.31. The van der Waals surface area contributed by atoms with Crippen molar-refractivity contribution in [2.75, 3.05) is 6.61 Å². The van der Waals surface area contributed by atoms with Crippen LogP contribution in [0.2, 0.25) is 0 Å². The van der Waals surface area contributed by atoms with Crippen LogP contribution in [0.25, 0.3) is 11.1 Å². The number of rotatable bonds is 11. The van der Waals surface area contributed by atoms with Crippen molar-refractivity contribution in [2.24, 2.45) is 5.92 Å². The van der Waals surface area contributed by atoms with Crippen LogP contribution in [0.15, 0.2) is 78.9 Å². The van der Waals surface area contributed by atoms with Crippen molar-refractivity contribution >= 4 is 18.0 Å². The Balaban J connectivity index is 1.29. The molecule has 3 N–H and O–H groups in total. The minimum absolute atomic E-state index is 0.0857. The zero-order valence-electron chi connectivity index (χ0n) is 22.6. The molecule has 2 amide bonds. The lowest BCUT2D eigenvalue weighted by atomic mass is 9.95. The van der Waals surface area contributed by atoms with E-state index in [-0.39, 0.29) is 25.0 Å². The highest BCUT2D eigenvalue weighted by atomic mass is 16.5. The summed E-state index contributed by atoms with van der Waals surface area (Å²) in [5.74, 6) is -2.04. The van der Waals surface area contributed by atoms with E-state index in [1.165, 1.54) is 6.92 Å². The van der Waals surface area contributed by atoms with Gasteiger partial charge < -0.3 is 25.2 Å². The molecular weight excluding hydrogens is 508 g/mol. The predicted molar refractivity (Wildman–Crippen MR) is 150 cm³/mol. The van der Waals surface area contributed by atoms with Gasteiger partial charge in [-0.3, -0.25) is 4.79 Å². The fourth-order valence-electron chi connectivity index (χ4n) is 5.39. The van der Waals surface area contributed by atoms with Crippen molar-refractivity contribution in [1.29, 1.82) is 0 Å². The highest BCUT2D eigenvalue weighted by molar-refractivity contribution is 5.92. The maximum Gasteiger partial charge on any atom is 0.407 e. The Kier molecular flexibility index (Phi) is 7.89. The van der Waals surface area contributed by atoms with Crippen LogP contribution < -0.4 is 10.6 Å². The average Bonchev–Trinajstić information content (AvgIpc) is 3.77. The molecule has 0 spiro atoms. The van der Waals surface area contributed by atoms with E-state index in [1.807, 2.05) is 66.7 Å². The molecule has 1 saturated carbocycles. The van der Waals surface area contributed by atoms with E-state index in [1.54, 1.807) is 6.92 Å². The van der Waals surface area contributed by atoms with Crippen molar-refractivity contribution in [3.63, 3.8) is 0 Å². The smallest absolute Gasteiger partial charge is 0.407 e.